The fourth-order valence-electron chi connectivity index (χ4n) is 4.70. The molecule has 2 fully saturated rings. The van der Waals surface area contributed by atoms with Crippen molar-refractivity contribution in [2.75, 3.05) is 19.7 Å². The molecule has 5 rings (SSSR count). The molecule has 0 unspecified atom stereocenters. The van der Waals surface area contributed by atoms with Crippen LogP contribution < -0.4 is 10.9 Å². The van der Waals surface area contributed by atoms with Crippen molar-refractivity contribution in [1.29, 1.82) is 0 Å². The smallest absolute Gasteiger partial charge is 0.275 e. The number of rotatable bonds is 4. The Kier molecular flexibility index (Phi) is 5.29. The zero-order valence-electron chi connectivity index (χ0n) is 17.5. The number of hydrogen-bond donors (Lipinski definition) is 1. The molecule has 160 valence electrons. The van der Waals surface area contributed by atoms with E-state index < -0.39 is 0 Å². The minimum atomic E-state index is -0.253. The lowest BCUT2D eigenvalue weighted by Crippen LogP contribution is -2.45. The molecule has 2 aliphatic heterocycles. The lowest BCUT2D eigenvalue weighted by Gasteiger charge is -2.33. The van der Waals surface area contributed by atoms with Gasteiger partial charge in [-0.05, 0) is 19.4 Å². The van der Waals surface area contributed by atoms with Gasteiger partial charge in [-0.2, -0.15) is 5.10 Å². The number of fused-ring (bicyclic) bond motifs is 2. The van der Waals surface area contributed by atoms with E-state index in [1.54, 1.807) is 6.07 Å². The molecule has 0 spiro atoms. The highest BCUT2D eigenvalue weighted by molar-refractivity contribution is 5.93. The molecule has 0 radical (unpaired) electrons. The van der Waals surface area contributed by atoms with Crippen molar-refractivity contribution in [3.05, 3.63) is 65.0 Å². The molecule has 3 aromatic rings. The molecule has 2 aromatic carbocycles. The minimum Gasteiger partial charge on any atom is -0.376 e. The molecule has 7 heteroatoms. The largest absolute Gasteiger partial charge is 0.376 e. The number of morpholine rings is 1. The third kappa shape index (κ3) is 3.98. The Hall–Kier alpha value is -3.03. The molecule has 0 bridgehead atoms. The Morgan fingerprint density at radius 1 is 1.10 bits per heavy atom. The number of nitrogens with zero attached hydrogens (tertiary/aromatic N) is 3. The summed E-state index contributed by atoms with van der Waals surface area (Å²) in [5.41, 5.74) is 1.36. The van der Waals surface area contributed by atoms with E-state index in [-0.39, 0.29) is 30.2 Å². The van der Waals surface area contributed by atoms with Crippen LogP contribution in [0, 0.1) is 0 Å². The van der Waals surface area contributed by atoms with Crippen LogP contribution in [0.3, 0.4) is 0 Å². The van der Waals surface area contributed by atoms with E-state index in [9.17, 15) is 9.59 Å². The maximum absolute atomic E-state index is 13.0. The average Bonchev–Trinajstić information content (AvgIpc) is 3.17. The second kappa shape index (κ2) is 8.24. The summed E-state index contributed by atoms with van der Waals surface area (Å²) in [6, 6.07) is 17.6. The highest BCUT2D eigenvalue weighted by Crippen LogP contribution is 2.25. The molecule has 2 saturated heterocycles. The first-order valence-electron chi connectivity index (χ1n) is 10.8. The van der Waals surface area contributed by atoms with Gasteiger partial charge in [0.1, 0.15) is 6.54 Å². The van der Waals surface area contributed by atoms with Crippen LogP contribution in [0.1, 0.15) is 13.3 Å². The van der Waals surface area contributed by atoms with E-state index in [0.717, 1.165) is 30.5 Å². The van der Waals surface area contributed by atoms with Gasteiger partial charge in [0.05, 0.1) is 23.8 Å². The second-order valence-corrected chi connectivity index (χ2v) is 8.47. The van der Waals surface area contributed by atoms with E-state index in [4.69, 9.17) is 4.74 Å². The predicted octanol–water partition coefficient (Wildman–Crippen LogP) is 2.04. The maximum Gasteiger partial charge on any atom is 0.275 e. The monoisotopic (exact) mass is 418 g/mol. The van der Waals surface area contributed by atoms with Gasteiger partial charge in [-0.15, -0.1) is 0 Å². The van der Waals surface area contributed by atoms with E-state index in [1.807, 2.05) is 48.5 Å². The number of nitrogens with one attached hydrogen (secondary N) is 1. The number of ether oxygens (including phenoxy) is 1. The minimum absolute atomic E-state index is 0.0659. The van der Waals surface area contributed by atoms with E-state index >= 15 is 0 Å². The van der Waals surface area contributed by atoms with Crippen molar-refractivity contribution in [2.24, 2.45) is 0 Å². The van der Waals surface area contributed by atoms with Crippen molar-refractivity contribution in [2.45, 2.75) is 38.1 Å². The summed E-state index contributed by atoms with van der Waals surface area (Å²) in [5.74, 6) is -0.192. The summed E-state index contributed by atoms with van der Waals surface area (Å²) in [5, 5.41) is 9.03. The molecule has 3 atom stereocenters. The molecular formula is C24H26N4O3. The van der Waals surface area contributed by atoms with Crippen LogP contribution in [0.2, 0.25) is 0 Å². The van der Waals surface area contributed by atoms with Crippen LogP contribution in [0.5, 0.6) is 0 Å². The third-order valence-electron chi connectivity index (χ3n) is 6.17. The van der Waals surface area contributed by atoms with E-state index in [1.165, 1.54) is 4.68 Å². The molecule has 31 heavy (non-hydrogen) atoms. The quantitative estimate of drug-likeness (QED) is 0.702. The molecule has 7 nitrogen and oxygen atoms in total. The van der Waals surface area contributed by atoms with E-state index in [0.29, 0.717) is 23.7 Å². The zero-order valence-corrected chi connectivity index (χ0v) is 17.5. The van der Waals surface area contributed by atoms with Crippen molar-refractivity contribution in [1.82, 2.24) is 20.0 Å². The molecule has 1 amide bonds. The summed E-state index contributed by atoms with van der Waals surface area (Å²) >= 11 is 0. The first kappa shape index (κ1) is 19.9. The third-order valence-corrected chi connectivity index (χ3v) is 6.17. The molecular weight excluding hydrogens is 392 g/mol. The van der Waals surface area contributed by atoms with Gasteiger partial charge in [-0.25, -0.2) is 4.68 Å². The Balaban J connectivity index is 1.39. The predicted molar refractivity (Wildman–Crippen MR) is 119 cm³/mol. The van der Waals surface area contributed by atoms with Crippen LogP contribution >= 0.6 is 0 Å². The lowest BCUT2D eigenvalue weighted by molar-refractivity contribution is -0.122. The number of benzene rings is 2. The molecule has 0 aliphatic carbocycles. The van der Waals surface area contributed by atoms with Crippen LogP contribution in [-0.4, -0.2) is 58.5 Å². The van der Waals surface area contributed by atoms with Gasteiger partial charge in [0.15, 0.2) is 0 Å². The van der Waals surface area contributed by atoms with Gasteiger partial charge in [0.2, 0.25) is 5.91 Å². The highest BCUT2D eigenvalue weighted by atomic mass is 16.5. The topological polar surface area (TPSA) is 76.5 Å². The van der Waals surface area contributed by atoms with Gasteiger partial charge < -0.3 is 10.1 Å². The highest BCUT2D eigenvalue weighted by Gasteiger charge is 2.36. The lowest BCUT2D eigenvalue weighted by atomic mass is 10.1. The fourth-order valence-corrected chi connectivity index (χ4v) is 4.70. The SMILES string of the molecule is C[C@H]1CN2C[C@@H](NC(=O)Cn3nc(-c4ccccc4)c4ccccc4c3=O)C[C@H]2CO1. The summed E-state index contributed by atoms with van der Waals surface area (Å²) in [7, 11) is 0. The normalized spacial score (nSPS) is 23.6. The van der Waals surface area contributed by atoms with Gasteiger partial charge in [-0.3, -0.25) is 14.5 Å². The van der Waals surface area contributed by atoms with Crippen LogP contribution in [0.15, 0.2) is 59.4 Å². The van der Waals surface area contributed by atoms with Gasteiger partial charge in [-0.1, -0.05) is 48.5 Å². The molecule has 3 heterocycles. The van der Waals surface area contributed by atoms with Crippen molar-refractivity contribution in [3.8, 4) is 11.3 Å². The number of hydrogen-bond acceptors (Lipinski definition) is 5. The Labute approximate surface area is 180 Å². The number of carbonyl (C=O) groups excluding carboxylic acids is 1. The first-order chi connectivity index (χ1) is 15.1. The molecule has 1 aromatic heterocycles. The molecule has 1 N–H and O–H groups in total. The van der Waals surface area contributed by atoms with Crippen molar-refractivity contribution in [3.63, 3.8) is 0 Å². The summed E-state index contributed by atoms with van der Waals surface area (Å²) in [6.07, 6.45) is 1.09. The number of amides is 1. The molecule has 2 aliphatic rings. The van der Waals surface area contributed by atoms with Crippen LogP contribution in [-0.2, 0) is 16.1 Å². The fraction of sp³-hybridized carbons (Fsp3) is 0.375. The van der Waals surface area contributed by atoms with Gasteiger partial charge in [0, 0.05) is 36.1 Å². The van der Waals surface area contributed by atoms with Crippen molar-refractivity contribution < 1.29 is 9.53 Å². The van der Waals surface area contributed by atoms with E-state index in [2.05, 4.69) is 22.2 Å². The Bertz CT molecular complexity index is 1160. The Morgan fingerprint density at radius 2 is 1.84 bits per heavy atom. The maximum atomic E-state index is 13.0. The standard InChI is InChI=1S/C24H26N4O3/c1-16-12-27-13-18(11-19(27)15-31-16)25-22(29)14-28-24(30)21-10-6-5-9-20(21)23(26-28)17-7-3-2-4-8-17/h2-10,16,18-19H,11-15H2,1H3,(H,25,29)/t16-,18-,19-/m0/s1. The summed E-state index contributed by atoms with van der Waals surface area (Å²) in [4.78, 5) is 28.2. The number of aromatic nitrogens is 2. The van der Waals surface area contributed by atoms with Crippen LogP contribution in [0.4, 0.5) is 0 Å². The van der Waals surface area contributed by atoms with Gasteiger partial charge >= 0.3 is 0 Å². The molecule has 0 saturated carbocycles. The summed E-state index contributed by atoms with van der Waals surface area (Å²) < 4.78 is 7.03. The summed E-state index contributed by atoms with van der Waals surface area (Å²) in [6.45, 7) is 4.39. The van der Waals surface area contributed by atoms with Crippen molar-refractivity contribution >= 4 is 16.7 Å². The van der Waals surface area contributed by atoms with Crippen LogP contribution in [0.25, 0.3) is 22.0 Å². The Morgan fingerprint density at radius 3 is 2.65 bits per heavy atom. The average molecular weight is 418 g/mol. The number of carbonyl (C=O) groups is 1. The first-order valence-corrected chi connectivity index (χ1v) is 10.8. The second-order valence-electron chi connectivity index (χ2n) is 8.47. The van der Waals surface area contributed by atoms with Gasteiger partial charge in [0.25, 0.3) is 5.56 Å². The zero-order chi connectivity index (χ0) is 21.4.